The smallest absolute Gasteiger partial charge is 0.244 e. The zero-order valence-electron chi connectivity index (χ0n) is 11.6. The van der Waals surface area contributed by atoms with Gasteiger partial charge in [-0.05, 0) is 37.8 Å². The van der Waals surface area contributed by atoms with Crippen molar-refractivity contribution in [2.45, 2.75) is 37.6 Å². The van der Waals surface area contributed by atoms with E-state index in [2.05, 4.69) is 17.2 Å². The van der Waals surface area contributed by atoms with E-state index in [9.17, 15) is 8.42 Å². The molecule has 0 spiro atoms. The average molecular weight is 283 g/mol. The van der Waals surface area contributed by atoms with Gasteiger partial charge in [-0.25, -0.2) is 13.4 Å². The molecule has 1 aromatic heterocycles. The largest absolute Gasteiger partial charge is 0.373 e. The van der Waals surface area contributed by atoms with E-state index < -0.39 is 10.0 Å². The Hall–Kier alpha value is -1.14. The van der Waals surface area contributed by atoms with Crippen molar-refractivity contribution in [1.29, 1.82) is 0 Å². The second kappa shape index (κ2) is 5.46. The molecule has 2 atom stereocenters. The molecule has 1 fully saturated rings. The lowest BCUT2D eigenvalue weighted by molar-refractivity contribution is 0.218. The van der Waals surface area contributed by atoms with Gasteiger partial charge in [0.1, 0.15) is 10.7 Å². The molecule has 106 valence electrons. The van der Waals surface area contributed by atoms with Gasteiger partial charge in [0.05, 0.1) is 0 Å². The first kappa shape index (κ1) is 14.3. The van der Waals surface area contributed by atoms with E-state index in [1.54, 1.807) is 23.5 Å². The first-order chi connectivity index (χ1) is 8.95. The quantitative estimate of drug-likeness (QED) is 0.920. The first-order valence-corrected chi connectivity index (χ1v) is 8.05. The van der Waals surface area contributed by atoms with E-state index >= 15 is 0 Å². The Labute approximate surface area is 115 Å². The molecule has 1 aromatic rings. The lowest BCUT2D eigenvalue weighted by atomic mass is 9.97. The van der Waals surface area contributed by atoms with Crippen LogP contribution in [0.2, 0.25) is 0 Å². The second-order valence-corrected chi connectivity index (χ2v) is 7.13. The fraction of sp³-hybridized carbons (Fsp3) is 0.615. The number of sulfonamides is 1. The lowest BCUT2D eigenvalue weighted by Gasteiger charge is -2.35. The van der Waals surface area contributed by atoms with Gasteiger partial charge in [-0.2, -0.15) is 4.31 Å². The summed E-state index contributed by atoms with van der Waals surface area (Å²) in [7, 11) is -1.67. The fourth-order valence-electron chi connectivity index (χ4n) is 2.40. The number of piperidine rings is 1. The number of pyridine rings is 1. The van der Waals surface area contributed by atoms with E-state index in [1.165, 1.54) is 6.20 Å². The monoisotopic (exact) mass is 283 g/mol. The van der Waals surface area contributed by atoms with Crippen LogP contribution in [-0.2, 0) is 10.0 Å². The molecule has 0 saturated carbocycles. The van der Waals surface area contributed by atoms with Crippen molar-refractivity contribution < 1.29 is 8.42 Å². The van der Waals surface area contributed by atoms with Gasteiger partial charge in [0.2, 0.25) is 10.0 Å². The minimum atomic E-state index is -3.43. The molecule has 1 saturated heterocycles. The lowest BCUT2D eigenvalue weighted by Crippen LogP contribution is -2.44. The first-order valence-electron chi connectivity index (χ1n) is 6.61. The summed E-state index contributed by atoms with van der Waals surface area (Å²) in [5, 5.41) is 2.88. The Morgan fingerprint density at radius 3 is 2.63 bits per heavy atom. The summed E-state index contributed by atoms with van der Waals surface area (Å²) in [6.07, 6.45) is 3.43. The normalized spacial score (nSPS) is 25.2. The predicted molar refractivity (Wildman–Crippen MR) is 75.5 cm³/mol. The zero-order chi connectivity index (χ0) is 14.0. The number of hydrogen-bond donors (Lipinski definition) is 1. The molecule has 0 bridgehead atoms. The maximum Gasteiger partial charge on any atom is 0.244 e. The molecule has 0 amide bonds. The van der Waals surface area contributed by atoms with Gasteiger partial charge >= 0.3 is 0 Å². The van der Waals surface area contributed by atoms with Crippen molar-refractivity contribution in [3.8, 4) is 0 Å². The Morgan fingerprint density at radius 2 is 2.05 bits per heavy atom. The standard InChI is InChI=1S/C13H21N3O2S/c1-10-4-5-11(2)16(9-10)19(17,18)12-6-7-13(14-3)15-8-12/h6-8,10-11H,4-5,9H2,1-3H3,(H,14,15). The van der Waals surface area contributed by atoms with E-state index in [0.29, 0.717) is 18.3 Å². The molecule has 1 aliphatic rings. The molecule has 2 rings (SSSR count). The topological polar surface area (TPSA) is 62.3 Å². The summed E-state index contributed by atoms with van der Waals surface area (Å²) in [5.41, 5.74) is 0. The molecule has 0 aromatic carbocycles. The molecule has 6 heteroatoms. The Bertz CT molecular complexity index is 527. The summed E-state index contributed by atoms with van der Waals surface area (Å²) < 4.78 is 26.8. The van der Waals surface area contributed by atoms with Gasteiger partial charge < -0.3 is 5.32 Å². The molecule has 5 nitrogen and oxygen atoms in total. The molecule has 0 aliphatic carbocycles. The van der Waals surface area contributed by atoms with Gasteiger partial charge in [-0.15, -0.1) is 0 Å². The van der Waals surface area contributed by atoms with Crippen molar-refractivity contribution in [3.63, 3.8) is 0 Å². The van der Waals surface area contributed by atoms with Gasteiger partial charge in [-0.1, -0.05) is 6.92 Å². The van der Waals surface area contributed by atoms with Gasteiger partial charge in [0, 0.05) is 25.8 Å². The van der Waals surface area contributed by atoms with Crippen molar-refractivity contribution in [2.24, 2.45) is 5.92 Å². The van der Waals surface area contributed by atoms with Crippen molar-refractivity contribution in [1.82, 2.24) is 9.29 Å². The van der Waals surface area contributed by atoms with Crippen molar-refractivity contribution in [2.75, 3.05) is 18.9 Å². The van der Waals surface area contributed by atoms with Crippen LogP contribution in [0.1, 0.15) is 26.7 Å². The fourth-order valence-corrected chi connectivity index (χ4v) is 4.13. The van der Waals surface area contributed by atoms with Crippen LogP contribution in [0, 0.1) is 5.92 Å². The third-order valence-corrected chi connectivity index (χ3v) is 5.62. The molecule has 2 unspecified atom stereocenters. The maximum absolute atomic E-state index is 12.6. The van der Waals surface area contributed by atoms with Crippen LogP contribution in [0.3, 0.4) is 0 Å². The summed E-state index contributed by atoms with van der Waals surface area (Å²) >= 11 is 0. The number of anilines is 1. The number of rotatable bonds is 3. The third kappa shape index (κ3) is 2.90. The van der Waals surface area contributed by atoms with Gasteiger partial charge in [-0.3, -0.25) is 0 Å². The number of hydrogen-bond acceptors (Lipinski definition) is 4. The van der Waals surface area contributed by atoms with Crippen LogP contribution in [0.25, 0.3) is 0 Å². The number of aromatic nitrogens is 1. The van der Waals surface area contributed by atoms with Crippen molar-refractivity contribution in [3.05, 3.63) is 18.3 Å². The predicted octanol–water partition coefficient (Wildman–Crippen LogP) is 1.93. The molecule has 2 heterocycles. The summed E-state index contributed by atoms with van der Waals surface area (Å²) in [4.78, 5) is 4.36. The number of nitrogens with zero attached hydrogens (tertiary/aromatic N) is 2. The second-order valence-electron chi connectivity index (χ2n) is 5.24. The summed E-state index contributed by atoms with van der Waals surface area (Å²) in [5.74, 6) is 1.08. The molecule has 0 radical (unpaired) electrons. The molecule has 1 aliphatic heterocycles. The van der Waals surface area contributed by atoms with Crippen LogP contribution in [0.5, 0.6) is 0 Å². The van der Waals surface area contributed by atoms with Gasteiger partial charge in [0.25, 0.3) is 0 Å². The Balaban J connectivity index is 2.29. The van der Waals surface area contributed by atoms with Crippen LogP contribution < -0.4 is 5.32 Å². The van der Waals surface area contributed by atoms with Crippen LogP contribution in [0.15, 0.2) is 23.2 Å². The van der Waals surface area contributed by atoms with Crippen LogP contribution >= 0.6 is 0 Å². The van der Waals surface area contributed by atoms with E-state index in [0.717, 1.165) is 12.8 Å². The minimum Gasteiger partial charge on any atom is -0.373 e. The highest BCUT2D eigenvalue weighted by molar-refractivity contribution is 7.89. The highest BCUT2D eigenvalue weighted by Gasteiger charge is 2.33. The third-order valence-electron chi connectivity index (χ3n) is 3.66. The SMILES string of the molecule is CNc1ccc(S(=O)(=O)N2CC(C)CCC2C)cn1. The van der Waals surface area contributed by atoms with E-state index in [-0.39, 0.29) is 10.9 Å². The van der Waals surface area contributed by atoms with Crippen molar-refractivity contribution >= 4 is 15.8 Å². The molecular formula is C13H21N3O2S. The van der Waals surface area contributed by atoms with Crippen LogP contribution in [-0.4, -0.2) is 37.3 Å². The van der Waals surface area contributed by atoms with Crippen LogP contribution in [0.4, 0.5) is 5.82 Å². The molecule has 19 heavy (non-hydrogen) atoms. The van der Waals surface area contributed by atoms with E-state index in [1.807, 2.05) is 6.92 Å². The van der Waals surface area contributed by atoms with E-state index in [4.69, 9.17) is 0 Å². The summed E-state index contributed by atoms with van der Waals surface area (Å²) in [6, 6.07) is 3.36. The average Bonchev–Trinajstić information content (AvgIpc) is 2.41. The Morgan fingerprint density at radius 1 is 1.32 bits per heavy atom. The highest BCUT2D eigenvalue weighted by Crippen LogP contribution is 2.27. The molecular weight excluding hydrogens is 262 g/mol. The molecule has 1 N–H and O–H groups in total. The number of nitrogens with one attached hydrogen (secondary N) is 1. The zero-order valence-corrected chi connectivity index (χ0v) is 12.4. The highest BCUT2D eigenvalue weighted by atomic mass is 32.2. The maximum atomic E-state index is 12.6. The summed E-state index contributed by atoms with van der Waals surface area (Å²) in [6.45, 7) is 4.66. The Kier molecular flexibility index (Phi) is 4.10. The minimum absolute atomic E-state index is 0.0603. The van der Waals surface area contributed by atoms with Gasteiger partial charge in [0.15, 0.2) is 0 Å².